The van der Waals surface area contributed by atoms with E-state index in [9.17, 15) is 19.8 Å². The molecule has 33 heavy (non-hydrogen) atoms. The highest BCUT2D eigenvalue weighted by atomic mass is 16.4. The highest BCUT2D eigenvalue weighted by molar-refractivity contribution is 5.95. The van der Waals surface area contributed by atoms with Crippen LogP contribution in [0.15, 0.2) is 89.7 Å². The Bertz CT molecular complexity index is 1620. The van der Waals surface area contributed by atoms with Crippen molar-refractivity contribution in [3.63, 3.8) is 0 Å². The minimum absolute atomic E-state index is 0.116. The Balaban J connectivity index is 1.73. The average Bonchev–Trinajstić information content (AvgIpc) is 2.83. The predicted octanol–water partition coefficient (Wildman–Crippen LogP) is 5.11. The van der Waals surface area contributed by atoms with Crippen molar-refractivity contribution in [3.05, 3.63) is 112 Å². The van der Waals surface area contributed by atoms with Crippen LogP contribution < -0.4 is 5.56 Å². The molecule has 0 saturated heterocycles. The summed E-state index contributed by atoms with van der Waals surface area (Å²) in [5, 5.41) is 22.0. The van der Waals surface area contributed by atoms with Gasteiger partial charge in [-0.1, -0.05) is 42.5 Å². The van der Waals surface area contributed by atoms with E-state index < -0.39 is 5.97 Å². The Labute approximate surface area is 188 Å². The monoisotopic (exact) mass is 434 g/mol. The van der Waals surface area contributed by atoms with Crippen molar-refractivity contribution in [2.24, 2.45) is 0 Å². The fraction of sp³-hybridized carbons (Fsp3) is 0. The molecule has 1 heterocycles. The van der Waals surface area contributed by atoms with Crippen LogP contribution in [0, 0.1) is 0 Å². The molecule has 1 aromatic heterocycles. The Morgan fingerprint density at radius 2 is 1.52 bits per heavy atom. The van der Waals surface area contributed by atoms with Gasteiger partial charge in [0.25, 0.3) is 5.56 Å². The number of aromatic hydroxyl groups is 1. The quantitative estimate of drug-likeness (QED) is 0.410. The van der Waals surface area contributed by atoms with Gasteiger partial charge in [-0.3, -0.25) is 9.36 Å². The first-order valence-corrected chi connectivity index (χ1v) is 10.3. The summed E-state index contributed by atoms with van der Waals surface area (Å²) in [5.41, 5.74) is 1.50. The number of rotatable bonds is 4. The van der Waals surface area contributed by atoms with Gasteiger partial charge in [0, 0.05) is 5.56 Å². The minimum atomic E-state index is -1.04. The Morgan fingerprint density at radius 1 is 0.818 bits per heavy atom. The van der Waals surface area contributed by atoms with Crippen molar-refractivity contribution in [1.82, 2.24) is 9.55 Å². The summed E-state index contributed by atoms with van der Waals surface area (Å²) in [6.07, 6.45) is 3.41. The number of carbonyl (C=O) groups is 1. The molecule has 4 aromatic carbocycles. The zero-order valence-corrected chi connectivity index (χ0v) is 17.3. The van der Waals surface area contributed by atoms with Gasteiger partial charge in [0.2, 0.25) is 0 Å². The summed E-state index contributed by atoms with van der Waals surface area (Å²) in [6, 6.07) is 24.3. The zero-order chi connectivity index (χ0) is 22.9. The first kappa shape index (κ1) is 20.2. The molecule has 160 valence electrons. The van der Waals surface area contributed by atoms with Crippen molar-refractivity contribution in [1.29, 1.82) is 0 Å². The van der Waals surface area contributed by atoms with E-state index in [-0.39, 0.29) is 16.9 Å². The average molecular weight is 434 g/mol. The van der Waals surface area contributed by atoms with Crippen LogP contribution in [0.2, 0.25) is 0 Å². The number of aromatic nitrogens is 2. The largest absolute Gasteiger partial charge is 0.507 e. The van der Waals surface area contributed by atoms with Gasteiger partial charge in [-0.05, 0) is 65.4 Å². The van der Waals surface area contributed by atoms with Gasteiger partial charge in [-0.15, -0.1) is 0 Å². The number of para-hydroxylation sites is 1. The van der Waals surface area contributed by atoms with Gasteiger partial charge in [-0.2, -0.15) is 0 Å². The van der Waals surface area contributed by atoms with Crippen LogP contribution in [0.3, 0.4) is 0 Å². The number of phenolic OH excluding ortho intramolecular Hbond substituents is 1. The maximum absolute atomic E-state index is 13.4. The summed E-state index contributed by atoms with van der Waals surface area (Å²) in [4.78, 5) is 29.3. The minimum Gasteiger partial charge on any atom is -0.507 e. The summed E-state index contributed by atoms with van der Waals surface area (Å²) >= 11 is 0. The third-order valence-electron chi connectivity index (χ3n) is 5.52. The fourth-order valence-corrected chi connectivity index (χ4v) is 3.88. The molecule has 0 saturated carbocycles. The molecule has 5 aromatic rings. The number of carboxylic acid groups (broad SMARTS) is 1. The van der Waals surface area contributed by atoms with Gasteiger partial charge < -0.3 is 10.2 Å². The number of carboxylic acids is 1. The summed E-state index contributed by atoms with van der Waals surface area (Å²) < 4.78 is 1.44. The molecule has 0 aliphatic carbocycles. The van der Waals surface area contributed by atoms with Crippen molar-refractivity contribution in [2.75, 3.05) is 0 Å². The predicted molar refractivity (Wildman–Crippen MR) is 129 cm³/mol. The molecular weight excluding hydrogens is 416 g/mol. The van der Waals surface area contributed by atoms with Crippen LogP contribution in [0.1, 0.15) is 21.7 Å². The molecule has 0 radical (unpaired) electrons. The molecule has 0 unspecified atom stereocenters. The molecule has 0 atom stereocenters. The first-order valence-electron chi connectivity index (χ1n) is 10.3. The van der Waals surface area contributed by atoms with E-state index in [0.717, 1.165) is 10.8 Å². The third-order valence-corrected chi connectivity index (χ3v) is 5.52. The van der Waals surface area contributed by atoms with E-state index in [1.807, 2.05) is 36.4 Å². The maximum atomic E-state index is 13.4. The highest BCUT2D eigenvalue weighted by Crippen LogP contribution is 2.29. The molecule has 0 spiro atoms. The molecule has 0 aliphatic heterocycles. The molecule has 6 heteroatoms. The van der Waals surface area contributed by atoms with E-state index in [1.54, 1.807) is 48.6 Å². The van der Waals surface area contributed by atoms with Gasteiger partial charge in [0.05, 0.1) is 22.2 Å². The van der Waals surface area contributed by atoms with E-state index >= 15 is 0 Å². The lowest BCUT2D eigenvalue weighted by atomic mass is 10.0. The van der Waals surface area contributed by atoms with Gasteiger partial charge in [0.15, 0.2) is 0 Å². The number of benzene rings is 4. The number of hydrogen-bond donors (Lipinski definition) is 2. The van der Waals surface area contributed by atoms with E-state index in [2.05, 4.69) is 4.98 Å². The van der Waals surface area contributed by atoms with Gasteiger partial charge in [-0.25, -0.2) is 9.78 Å². The molecule has 0 bridgehead atoms. The van der Waals surface area contributed by atoms with Crippen molar-refractivity contribution in [3.8, 4) is 11.4 Å². The van der Waals surface area contributed by atoms with Gasteiger partial charge >= 0.3 is 5.97 Å². The van der Waals surface area contributed by atoms with E-state index in [1.165, 1.54) is 16.7 Å². The first-order chi connectivity index (χ1) is 16.0. The second-order valence-corrected chi connectivity index (χ2v) is 7.53. The lowest BCUT2D eigenvalue weighted by Gasteiger charge is -2.12. The Kier molecular flexibility index (Phi) is 4.95. The van der Waals surface area contributed by atoms with E-state index in [0.29, 0.717) is 28.0 Å². The van der Waals surface area contributed by atoms with Crippen LogP contribution in [0.25, 0.3) is 39.5 Å². The SMILES string of the molecule is O=C(O)c1ccc(-n2c(/C=C/c3c(O)ccc4ccccc34)nc3ccccc3c2=O)cc1. The lowest BCUT2D eigenvalue weighted by Crippen LogP contribution is -2.22. The van der Waals surface area contributed by atoms with Crippen molar-refractivity contribution in [2.45, 2.75) is 0 Å². The van der Waals surface area contributed by atoms with Crippen LogP contribution in [-0.4, -0.2) is 25.7 Å². The summed E-state index contributed by atoms with van der Waals surface area (Å²) in [5.74, 6) is -0.573. The molecule has 2 N–H and O–H groups in total. The topological polar surface area (TPSA) is 92.4 Å². The number of fused-ring (bicyclic) bond motifs is 2. The second-order valence-electron chi connectivity index (χ2n) is 7.53. The number of phenols is 1. The lowest BCUT2D eigenvalue weighted by molar-refractivity contribution is 0.0697. The van der Waals surface area contributed by atoms with Crippen LogP contribution in [0.4, 0.5) is 0 Å². The Hall–Kier alpha value is -4.71. The van der Waals surface area contributed by atoms with Crippen molar-refractivity contribution >= 4 is 39.8 Å². The number of nitrogens with zero attached hydrogens (tertiary/aromatic N) is 2. The number of hydrogen-bond acceptors (Lipinski definition) is 4. The highest BCUT2D eigenvalue weighted by Gasteiger charge is 2.13. The van der Waals surface area contributed by atoms with Crippen LogP contribution in [0.5, 0.6) is 5.75 Å². The van der Waals surface area contributed by atoms with E-state index in [4.69, 9.17) is 0 Å². The molecule has 5 rings (SSSR count). The number of aromatic carboxylic acids is 1. The molecule has 6 nitrogen and oxygen atoms in total. The molecular formula is C27H18N2O4. The summed E-state index contributed by atoms with van der Waals surface area (Å²) in [6.45, 7) is 0. The zero-order valence-electron chi connectivity index (χ0n) is 17.3. The molecule has 0 aliphatic rings. The van der Waals surface area contributed by atoms with Gasteiger partial charge in [0.1, 0.15) is 11.6 Å². The second kappa shape index (κ2) is 8.09. The van der Waals surface area contributed by atoms with Crippen molar-refractivity contribution < 1.29 is 15.0 Å². The van der Waals surface area contributed by atoms with Crippen LogP contribution >= 0.6 is 0 Å². The Morgan fingerprint density at radius 3 is 2.27 bits per heavy atom. The smallest absolute Gasteiger partial charge is 0.335 e. The maximum Gasteiger partial charge on any atom is 0.335 e. The molecule has 0 fully saturated rings. The normalized spacial score (nSPS) is 11.4. The fourth-order valence-electron chi connectivity index (χ4n) is 3.88. The third kappa shape index (κ3) is 3.64. The van der Waals surface area contributed by atoms with Crippen LogP contribution in [-0.2, 0) is 0 Å². The summed E-state index contributed by atoms with van der Waals surface area (Å²) in [7, 11) is 0. The molecule has 0 amide bonds. The standard InChI is InChI=1S/C27H18N2O4/c30-24-15-11-17-5-1-2-6-20(17)21(24)14-16-25-28-23-8-4-3-7-22(23)26(31)29(25)19-12-9-18(10-13-19)27(32)33/h1-16,30H,(H,32,33)/b16-14+.